The molecule has 0 radical (unpaired) electrons. The summed E-state index contributed by atoms with van der Waals surface area (Å²) < 4.78 is 6.24. The first-order valence-electron chi connectivity index (χ1n) is 14.7. The molecule has 46 heavy (non-hydrogen) atoms. The minimum atomic E-state index is -0.533. The molecule has 0 aliphatic carbocycles. The van der Waals surface area contributed by atoms with Gasteiger partial charge in [0.2, 0.25) is 11.8 Å². The van der Waals surface area contributed by atoms with E-state index >= 15 is 0 Å². The number of tetrazole rings is 1. The van der Waals surface area contributed by atoms with Crippen LogP contribution in [0.5, 0.6) is 0 Å². The summed E-state index contributed by atoms with van der Waals surface area (Å²) in [5.41, 5.74) is 4.01. The van der Waals surface area contributed by atoms with Crippen molar-refractivity contribution in [2.24, 2.45) is 5.92 Å². The second kappa shape index (κ2) is 15.1. The number of aromatic nitrogens is 6. The first-order chi connectivity index (χ1) is 22.2. The maximum atomic E-state index is 13.4. The number of rotatable bonds is 10. The molecule has 0 spiro atoms. The van der Waals surface area contributed by atoms with Gasteiger partial charge in [0.25, 0.3) is 0 Å². The van der Waals surface area contributed by atoms with Gasteiger partial charge in [0.1, 0.15) is 6.33 Å². The third kappa shape index (κ3) is 8.32. The summed E-state index contributed by atoms with van der Waals surface area (Å²) >= 11 is 12.7. The molecule has 238 valence electrons. The highest BCUT2D eigenvalue weighted by molar-refractivity contribution is 6.32. The fraction of sp³-hybridized carbons (Fsp3) is 0.312. The van der Waals surface area contributed by atoms with Crippen LogP contribution < -0.4 is 5.32 Å². The number of halogens is 2. The van der Waals surface area contributed by atoms with Crippen molar-refractivity contribution in [3.63, 3.8) is 0 Å². The Bertz CT molecular complexity index is 1730. The van der Waals surface area contributed by atoms with Crippen molar-refractivity contribution in [3.8, 4) is 16.8 Å². The summed E-state index contributed by atoms with van der Waals surface area (Å²) in [6, 6.07) is 13.8. The van der Waals surface area contributed by atoms with Gasteiger partial charge in [0, 0.05) is 42.2 Å². The average Bonchev–Trinajstić information content (AvgIpc) is 3.59. The van der Waals surface area contributed by atoms with Crippen LogP contribution >= 0.6 is 23.2 Å². The number of methoxy groups -OCH3 is 1. The number of nitrogens with one attached hydrogen (secondary N) is 1. The van der Waals surface area contributed by atoms with E-state index in [1.54, 1.807) is 31.2 Å². The first-order valence-corrected chi connectivity index (χ1v) is 15.4. The van der Waals surface area contributed by atoms with Gasteiger partial charge in [-0.15, -0.1) is 10.2 Å². The Morgan fingerprint density at radius 3 is 2.63 bits per heavy atom. The molecule has 3 heterocycles. The Morgan fingerprint density at radius 2 is 1.91 bits per heavy atom. The van der Waals surface area contributed by atoms with Crippen LogP contribution in [0.15, 0.2) is 60.9 Å². The third-order valence-corrected chi connectivity index (χ3v) is 8.33. The van der Waals surface area contributed by atoms with Crippen molar-refractivity contribution in [2.75, 3.05) is 20.2 Å². The lowest BCUT2D eigenvalue weighted by Gasteiger charge is -2.34. The van der Waals surface area contributed by atoms with E-state index in [0.29, 0.717) is 47.0 Å². The van der Waals surface area contributed by atoms with Crippen LogP contribution in [0.25, 0.3) is 22.9 Å². The molecule has 2 atom stereocenters. The number of benzene rings is 2. The fourth-order valence-electron chi connectivity index (χ4n) is 5.46. The monoisotopic (exact) mass is 662 g/mol. The standard InChI is InChI=1S/C32H32Cl2N8O4/c1-20(43)41-13-3-4-22(18-41)14-27(36-30(44)12-9-24-16-25(33)10-11-29(24)42-19-35-39-40-42)28-17-26(32(34)38-37-28)23-7-5-21(6-8-23)15-31(45)46-2/h5-12,16-17,19,22,27H,3-4,13-15,18H2,1-2H3,(H,36,44)/b12-9+/t22?,27-/m0/s1. The summed E-state index contributed by atoms with van der Waals surface area (Å²) in [5, 5.41) is 23.7. The first kappa shape index (κ1) is 32.7. The molecule has 14 heteroatoms. The van der Waals surface area contributed by atoms with E-state index in [0.717, 1.165) is 24.0 Å². The molecule has 1 aliphatic rings. The molecule has 2 aromatic carbocycles. The summed E-state index contributed by atoms with van der Waals surface area (Å²) in [6.45, 7) is 2.87. The van der Waals surface area contributed by atoms with Gasteiger partial charge in [0.15, 0.2) is 5.15 Å². The van der Waals surface area contributed by atoms with Gasteiger partial charge in [-0.1, -0.05) is 47.5 Å². The van der Waals surface area contributed by atoms with Gasteiger partial charge in [-0.25, -0.2) is 0 Å². The highest BCUT2D eigenvalue weighted by Crippen LogP contribution is 2.32. The quantitative estimate of drug-likeness (QED) is 0.189. The zero-order valence-corrected chi connectivity index (χ0v) is 26.8. The maximum Gasteiger partial charge on any atom is 0.309 e. The van der Waals surface area contributed by atoms with Crippen LogP contribution in [-0.4, -0.2) is 73.3 Å². The Kier molecular flexibility index (Phi) is 10.7. The van der Waals surface area contributed by atoms with Crippen LogP contribution in [0.4, 0.5) is 0 Å². The van der Waals surface area contributed by atoms with E-state index in [1.165, 1.54) is 24.2 Å². The third-order valence-electron chi connectivity index (χ3n) is 7.82. The van der Waals surface area contributed by atoms with Crippen LogP contribution in [0, 0.1) is 5.92 Å². The number of ether oxygens (including phenoxy) is 1. The molecule has 0 bridgehead atoms. The Morgan fingerprint density at radius 1 is 1.11 bits per heavy atom. The largest absolute Gasteiger partial charge is 0.469 e. The number of hydrogen-bond donors (Lipinski definition) is 1. The molecule has 1 aliphatic heterocycles. The molecule has 5 rings (SSSR count). The van der Waals surface area contributed by atoms with Gasteiger partial charge in [-0.3, -0.25) is 14.4 Å². The normalized spacial score (nSPS) is 15.5. The Balaban J connectivity index is 1.42. The van der Waals surface area contributed by atoms with Crippen LogP contribution in [-0.2, 0) is 25.5 Å². The predicted molar refractivity (Wildman–Crippen MR) is 172 cm³/mol. The molecular weight excluding hydrogens is 631 g/mol. The average molecular weight is 664 g/mol. The molecule has 12 nitrogen and oxygen atoms in total. The summed E-state index contributed by atoms with van der Waals surface area (Å²) in [4.78, 5) is 39.1. The van der Waals surface area contributed by atoms with E-state index < -0.39 is 6.04 Å². The maximum absolute atomic E-state index is 13.4. The summed E-state index contributed by atoms with van der Waals surface area (Å²) in [5.74, 6) is -0.543. The van der Waals surface area contributed by atoms with Gasteiger partial charge in [0.05, 0.1) is 31.0 Å². The van der Waals surface area contributed by atoms with E-state index in [9.17, 15) is 14.4 Å². The van der Waals surface area contributed by atoms with Crippen molar-refractivity contribution in [1.82, 2.24) is 40.6 Å². The topological polar surface area (TPSA) is 145 Å². The minimum Gasteiger partial charge on any atom is -0.469 e. The van der Waals surface area contributed by atoms with E-state index in [-0.39, 0.29) is 35.3 Å². The number of carbonyl (C=O) groups excluding carboxylic acids is 3. The predicted octanol–water partition coefficient (Wildman–Crippen LogP) is 4.66. The van der Waals surface area contributed by atoms with Gasteiger partial charge < -0.3 is 15.0 Å². The molecule has 4 aromatic rings. The van der Waals surface area contributed by atoms with Crippen LogP contribution in [0.1, 0.15) is 49.0 Å². The molecule has 1 unspecified atom stereocenters. The van der Waals surface area contributed by atoms with Gasteiger partial charge >= 0.3 is 5.97 Å². The lowest BCUT2D eigenvalue weighted by atomic mass is 9.89. The number of esters is 1. The molecule has 2 aromatic heterocycles. The summed E-state index contributed by atoms with van der Waals surface area (Å²) in [6.07, 6.45) is 6.96. The van der Waals surface area contributed by atoms with Crippen molar-refractivity contribution in [1.29, 1.82) is 0 Å². The lowest BCUT2D eigenvalue weighted by molar-refractivity contribution is -0.139. The molecule has 1 fully saturated rings. The van der Waals surface area contributed by atoms with Crippen LogP contribution in [0.2, 0.25) is 10.2 Å². The van der Waals surface area contributed by atoms with Crippen LogP contribution in [0.3, 0.4) is 0 Å². The summed E-state index contributed by atoms with van der Waals surface area (Å²) in [7, 11) is 1.35. The highest BCUT2D eigenvalue weighted by atomic mass is 35.5. The number of hydrogen-bond acceptors (Lipinski definition) is 9. The van der Waals surface area contributed by atoms with Crippen molar-refractivity contribution in [3.05, 3.63) is 87.9 Å². The Hall–Kier alpha value is -4.68. The number of piperidine rings is 1. The zero-order chi connectivity index (χ0) is 32.6. The van der Waals surface area contributed by atoms with E-state index in [2.05, 4.69) is 31.0 Å². The second-order valence-corrected chi connectivity index (χ2v) is 11.8. The Labute approximate surface area is 275 Å². The van der Waals surface area contributed by atoms with E-state index in [1.807, 2.05) is 35.2 Å². The molecule has 1 N–H and O–H groups in total. The second-order valence-electron chi connectivity index (χ2n) is 11.0. The number of carbonyl (C=O) groups is 3. The number of nitrogens with zero attached hydrogens (tertiary/aromatic N) is 7. The smallest absolute Gasteiger partial charge is 0.309 e. The van der Waals surface area contributed by atoms with Gasteiger partial charge in [-0.05, 0) is 77.1 Å². The molecule has 0 saturated carbocycles. The molecule has 2 amide bonds. The number of amides is 2. The van der Waals surface area contributed by atoms with Crippen molar-refractivity contribution < 1.29 is 19.1 Å². The van der Waals surface area contributed by atoms with Gasteiger partial charge in [-0.2, -0.15) is 9.78 Å². The van der Waals surface area contributed by atoms with Crippen molar-refractivity contribution >= 4 is 47.1 Å². The molecular formula is C32H32Cl2N8O4. The highest BCUT2D eigenvalue weighted by Gasteiger charge is 2.27. The minimum absolute atomic E-state index is 0.0253. The van der Waals surface area contributed by atoms with Crippen molar-refractivity contribution in [2.45, 2.75) is 38.6 Å². The lowest BCUT2D eigenvalue weighted by Crippen LogP contribution is -2.40. The zero-order valence-electron chi connectivity index (χ0n) is 25.3. The SMILES string of the molecule is COC(=O)Cc1ccc(-c2cc([C@H](CC3CCCN(C(C)=O)C3)NC(=O)/C=C/c3cc(Cl)ccc3-n3cnnn3)nnc2Cl)cc1. The van der Waals surface area contributed by atoms with E-state index in [4.69, 9.17) is 27.9 Å². The fourth-order valence-corrected chi connectivity index (χ4v) is 5.84. The number of likely N-dealkylation sites (tertiary alicyclic amines) is 1. The molecule has 1 saturated heterocycles.